The van der Waals surface area contributed by atoms with E-state index < -0.39 is 0 Å². The Morgan fingerprint density at radius 2 is 2.14 bits per heavy atom. The molecule has 0 radical (unpaired) electrons. The van der Waals surface area contributed by atoms with Gasteiger partial charge >= 0.3 is 6.03 Å². The summed E-state index contributed by atoms with van der Waals surface area (Å²) in [7, 11) is 0. The second-order valence-corrected chi connectivity index (χ2v) is 7.42. The van der Waals surface area contributed by atoms with Crippen LogP contribution in [0.4, 0.5) is 10.5 Å². The van der Waals surface area contributed by atoms with Gasteiger partial charge in [-0.3, -0.25) is 0 Å². The van der Waals surface area contributed by atoms with Gasteiger partial charge in [0.15, 0.2) is 0 Å². The van der Waals surface area contributed by atoms with Gasteiger partial charge in [-0.1, -0.05) is 35.3 Å². The average molecular weight is 359 g/mol. The summed E-state index contributed by atoms with van der Waals surface area (Å²) in [5, 5.41) is 5.74. The van der Waals surface area contributed by atoms with E-state index in [4.69, 9.17) is 23.2 Å². The lowest BCUT2D eigenvalue weighted by molar-refractivity contribution is 0.215. The topological polar surface area (TPSA) is 32.3 Å². The lowest BCUT2D eigenvalue weighted by Crippen LogP contribution is -2.34. The molecule has 21 heavy (non-hydrogen) atoms. The summed E-state index contributed by atoms with van der Waals surface area (Å²) >= 11 is 15.5. The first-order valence-electron chi connectivity index (χ1n) is 6.33. The maximum atomic E-state index is 12.5. The highest BCUT2D eigenvalue weighted by Crippen LogP contribution is 2.40. The van der Waals surface area contributed by atoms with Crippen LogP contribution in [0, 0.1) is 0 Å². The van der Waals surface area contributed by atoms with Crippen LogP contribution < -0.4 is 5.32 Å². The molecule has 1 aromatic heterocycles. The van der Waals surface area contributed by atoms with Crippen LogP contribution in [-0.4, -0.2) is 23.2 Å². The Morgan fingerprint density at radius 3 is 2.90 bits per heavy atom. The molecule has 1 unspecified atom stereocenters. The Morgan fingerprint density at radius 1 is 1.29 bits per heavy atom. The number of anilines is 1. The number of carbonyl (C=O) groups is 1. The second kappa shape index (κ2) is 6.48. The lowest BCUT2D eigenvalue weighted by atomic mass is 10.3. The summed E-state index contributed by atoms with van der Waals surface area (Å²) < 4.78 is 0. The van der Waals surface area contributed by atoms with Gasteiger partial charge in [-0.05, 0) is 23.6 Å². The Balaban J connectivity index is 1.77. The third-order valence-electron chi connectivity index (χ3n) is 3.13. The number of thioether (sulfide) groups is 1. The van der Waals surface area contributed by atoms with Crippen LogP contribution in [0.5, 0.6) is 0 Å². The minimum atomic E-state index is -0.150. The predicted molar refractivity (Wildman–Crippen MR) is 91.7 cm³/mol. The number of carbonyl (C=O) groups excluding carboxylic acids is 1. The molecule has 1 aliphatic heterocycles. The molecular formula is C14H12Cl2N2OS2. The highest BCUT2D eigenvalue weighted by Gasteiger charge is 2.31. The summed E-state index contributed by atoms with van der Waals surface area (Å²) in [5.41, 5.74) is 0.538. The molecule has 1 aliphatic rings. The summed E-state index contributed by atoms with van der Waals surface area (Å²) in [5.74, 6) is 0.930. The van der Waals surface area contributed by atoms with Gasteiger partial charge in [0.05, 0.1) is 15.7 Å². The smallest absolute Gasteiger partial charge is 0.307 e. The Kier molecular flexibility index (Phi) is 4.64. The van der Waals surface area contributed by atoms with Crippen molar-refractivity contribution < 1.29 is 4.79 Å². The van der Waals surface area contributed by atoms with E-state index in [2.05, 4.69) is 11.4 Å². The third kappa shape index (κ3) is 3.16. The Hall–Kier alpha value is -0.880. The van der Waals surface area contributed by atoms with Gasteiger partial charge in [0.1, 0.15) is 5.37 Å². The molecule has 0 saturated carbocycles. The number of thiophene rings is 1. The van der Waals surface area contributed by atoms with Crippen molar-refractivity contribution in [2.75, 3.05) is 17.6 Å². The molecule has 2 heterocycles. The van der Waals surface area contributed by atoms with Crippen molar-refractivity contribution in [2.24, 2.45) is 0 Å². The van der Waals surface area contributed by atoms with Crippen molar-refractivity contribution in [3.05, 3.63) is 50.6 Å². The maximum absolute atomic E-state index is 12.5. The van der Waals surface area contributed by atoms with E-state index in [0.29, 0.717) is 15.7 Å². The van der Waals surface area contributed by atoms with Crippen molar-refractivity contribution in [1.82, 2.24) is 4.90 Å². The van der Waals surface area contributed by atoms with E-state index in [1.165, 1.54) is 4.88 Å². The van der Waals surface area contributed by atoms with Crippen LogP contribution in [0.25, 0.3) is 0 Å². The fraction of sp³-hybridized carbons (Fsp3) is 0.214. The molecule has 110 valence electrons. The molecule has 2 amide bonds. The number of halogens is 2. The zero-order valence-electron chi connectivity index (χ0n) is 10.9. The zero-order chi connectivity index (χ0) is 14.8. The van der Waals surface area contributed by atoms with Gasteiger partial charge in [0.25, 0.3) is 0 Å². The number of hydrogen-bond acceptors (Lipinski definition) is 3. The highest BCUT2D eigenvalue weighted by molar-refractivity contribution is 7.99. The molecular weight excluding hydrogens is 347 g/mol. The number of hydrogen-bond donors (Lipinski definition) is 1. The van der Waals surface area contributed by atoms with Crippen molar-refractivity contribution in [2.45, 2.75) is 5.37 Å². The maximum Gasteiger partial charge on any atom is 0.323 e. The van der Waals surface area contributed by atoms with Gasteiger partial charge in [0.2, 0.25) is 0 Å². The molecule has 1 N–H and O–H groups in total. The normalized spacial score (nSPS) is 18.0. The number of urea groups is 1. The fourth-order valence-electron chi connectivity index (χ4n) is 2.13. The quantitative estimate of drug-likeness (QED) is 0.786. The predicted octanol–water partition coefficient (Wildman–Crippen LogP) is 5.33. The number of rotatable bonds is 2. The van der Waals surface area contributed by atoms with Gasteiger partial charge in [0, 0.05) is 17.2 Å². The van der Waals surface area contributed by atoms with E-state index in [1.807, 2.05) is 16.3 Å². The monoisotopic (exact) mass is 358 g/mol. The summed E-state index contributed by atoms with van der Waals surface area (Å²) in [6.45, 7) is 0.719. The van der Waals surface area contributed by atoms with Gasteiger partial charge in [-0.2, -0.15) is 0 Å². The number of nitrogens with zero attached hydrogens (tertiary/aromatic N) is 1. The van der Waals surface area contributed by atoms with Crippen molar-refractivity contribution >= 4 is 58.0 Å². The number of nitrogens with one attached hydrogen (secondary N) is 1. The van der Waals surface area contributed by atoms with Crippen LogP contribution >= 0.6 is 46.3 Å². The van der Waals surface area contributed by atoms with Crippen LogP contribution in [0.1, 0.15) is 10.3 Å². The second-order valence-electron chi connectivity index (χ2n) is 4.46. The lowest BCUT2D eigenvalue weighted by Gasteiger charge is -2.23. The molecule has 0 spiro atoms. The van der Waals surface area contributed by atoms with Gasteiger partial charge in [-0.25, -0.2) is 4.79 Å². The molecule has 0 bridgehead atoms. The Bertz CT molecular complexity index is 648. The summed E-state index contributed by atoms with van der Waals surface area (Å²) in [6, 6.07) is 9.11. The number of amides is 2. The first kappa shape index (κ1) is 15.0. The zero-order valence-corrected chi connectivity index (χ0v) is 14.0. The molecule has 1 saturated heterocycles. The summed E-state index contributed by atoms with van der Waals surface area (Å²) in [6.07, 6.45) is 0. The van der Waals surface area contributed by atoms with Crippen LogP contribution in [0.15, 0.2) is 35.7 Å². The first-order valence-corrected chi connectivity index (χ1v) is 9.02. The molecule has 0 aliphatic carbocycles. The molecule has 1 aromatic carbocycles. The Labute approximate surface area is 141 Å². The van der Waals surface area contributed by atoms with Crippen LogP contribution in [0.2, 0.25) is 10.0 Å². The highest BCUT2D eigenvalue weighted by atomic mass is 35.5. The van der Waals surface area contributed by atoms with E-state index in [-0.39, 0.29) is 11.4 Å². The van der Waals surface area contributed by atoms with Crippen molar-refractivity contribution in [3.8, 4) is 0 Å². The summed E-state index contributed by atoms with van der Waals surface area (Å²) in [4.78, 5) is 15.5. The fourth-order valence-corrected chi connectivity index (χ4v) is 4.72. The minimum Gasteiger partial charge on any atom is -0.307 e. The number of benzene rings is 1. The van der Waals surface area contributed by atoms with Crippen LogP contribution in [0.3, 0.4) is 0 Å². The molecule has 1 fully saturated rings. The first-order chi connectivity index (χ1) is 10.2. The van der Waals surface area contributed by atoms with E-state index >= 15 is 0 Å². The molecule has 3 nitrogen and oxygen atoms in total. The largest absolute Gasteiger partial charge is 0.323 e. The van der Waals surface area contributed by atoms with Gasteiger partial charge < -0.3 is 10.2 Å². The van der Waals surface area contributed by atoms with Crippen LogP contribution in [-0.2, 0) is 0 Å². The van der Waals surface area contributed by atoms with Crippen molar-refractivity contribution in [3.63, 3.8) is 0 Å². The third-order valence-corrected chi connectivity index (χ3v) is 6.27. The molecule has 1 atom stereocenters. The van der Waals surface area contributed by atoms with E-state index in [0.717, 1.165) is 12.3 Å². The van der Waals surface area contributed by atoms with E-state index in [9.17, 15) is 4.79 Å². The average Bonchev–Trinajstić information content (AvgIpc) is 3.13. The van der Waals surface area contributed by atoms with Crippen molar-refractivity contribution in [1.29, 1.82) is 0 Å². The SMILES string of the molecule is O=C(Nc1cccc(Cl)c1Cl)N1CCSC1c1cccs1. The van der Waals surface area contributed by atoms with Gasteiger partial charge in [-0.15, -0.1) is 23.1 Å². The minimum absolute atomic E-state index is 0.0722. The van der Waals surface area contributed by atoms with E-state index in [1.54, 1.807) is 41.3 Å². The molecule has 2 aromatic rings. The standard InChI is InChI=1S/C14H12Cl2N2OS2/c15-9-3-1-4-10(12(9)16)17-14(19)18-6-8-21-13(18)11-5-2-7-20-11/h1-5,7,13H,6,8H2,(H,17,19). The molecule has 3 rings (SSSR count). The molecule has 7 heteroatoms.